The summed E-state index contributed by atoms with van der Waals surface area (Å²) in [5.74, 6) is -0.197. The highest BCUT2D eigenvalue weighted by Gasteiger charge is 2.16. The van der Waals surface area contributed by atoms with Gasteiger partial charge in [0.05, 0.1) is 11.4 Å². The smallest absolute Gasteiger partial charge is 0.262 e. The van der Waals surface area contributed by atoms with Gasteiger partial charge in [-0.2, -0.15) is 0 Å². The highest BCUT2D eigenvalue weighted by atomic mass is 32.1. The van der Waals surface area contributed by atoms with Crippen molar-refractivity contribution < 1.29 is 5.11 Å². The Balaban J connectivity index is 1.92. The number of H-pyrrole nitrogens is 1. The Kier molecular flexibility index (Phi) is 4.12. The van der Waals surface area contributed by atoms with Crippen LogP contribution >= 0.6 is 12.2 Å². The van der Waals surface area contributed by atoms with E-state index < -0.39 is 5.56 Å². The zero-order valence-corrected chi connectivity index (χ0v) is 15.7. The van der Waals surface area contributed by atoms with E-state index in [9.17, 15) is 9.90 Å². The van der Waals surface area contributed by atoms with Crippen molar-refractivity contribution in [2.24, 2.45) is 4.99 Å². The van der Waals surface area contributed by atoms with Crippen molar-refractivity contribution in [2.45, 2.75) is 13.8 Å². The maximum atomic E-state index is 12.5. The third-order valence-corrected chi connectivity index (χ3v) is 5.01. The number of benzene rings is 2. The Morgan fingerprint density at radius 2 is 1.93 bits per heavy atom. The molecule has 3 aromatic rings. The van der Waals surface area contributed by atoms with Crippen molar-refractivity contribution in [3.8, 4) is 11.6 Å². The molecule has 0 spiro atoms. The summed E-state index contributed by atoms with van der Waals surface area (Å²) in [5.41, 5.74) is 5.10. The van der Waals surface area contributed by atoms with Gasteiger partial charge in [-0.1, -0.05) is 24.3 Å². The zero-order chi connectivity index (χ0) is 19.1. The molecular weight excluding hydrogens is 358 g/mol. The predicted octanol–water partition coefficient (Wildman–Crippen LogP) is 4.47. The molecule has 1 aliphatic heterocycles. The Hall–Kier alpha value is -3.25. The van der Waals surface area contributed by atoms with Crippen LogP contribution < -0.4 is 5.56 Å². The number of para-hydroxylation sites is 1. The summed E-state index contributed by atoms with van der Waals surface area (Å²) < 4.78 is 1.61. The minimum atomic E-state index is -0.442. The van der Waals surface area contributed by atoms with Gasteiger partial charge in [-0.15, -0.1) is 0 Å². The number of aliphatic imine (C=N–C) groups is 1. The van der Waals surface area contributed by atoms with Crippen molar-refractivity contribution >= 4 is 35.8 Å². The van der Waals surface area contributed by atoms with E-state index in [1.807, 2.05) is 56.3 Å². The first-order valence-corrected chi connectivity index (χ1v) is 8.87. The third kappa shape index (κ3) is 2.94. The molecule has 5 nitrogen and oxygen atoms in total. The average molecular weight is 375 g/mol. The Morgan fingerprint density at radius 3 is 2.70 bits per heavy atom. The van der Waals surface area contributed by atoms with E-state index in [-0.39, 0.29) is 16.2 Å². The number of aromatic amines is 1. The van der Waals surface area contributed by atoms with Gasteiger partial charge < -0.3 is 5.11 Å². The van der Waals surface area contributed by atoms with Gasteiger partial charge >= 0.3 is 0 Å². The maximum absolute atomic E-state index is 12.5. The van der Waals surface area contributed by atoms with Gasteiger partial charge in [0.25, 0.3) is 5.56 Å². The number of hydrogen-bond donors (Lipinski definition) is 2. The highest BCUT2D eigenvalue weighted by molar-refractivity contribution is 7.71. The highest BCUT2D eigenvalue weighted by Crippen LogP contribution is 2.33. The van der Waals surface area contributed by atoms with Gasteiger partial charge in [0.15, 0.2) is 4.77 Å². The molecule has 0 unspecified atom stereocenters. The van der Waals surface area contributed by atoms with Gasteiger partial charge in [0.1, 0.15) is 5.56 Å². The lowest BCUT2D eigenvalue weighted by atomic mass is 10.1. The maximum Gasteiger partial charge on any atom is 0.262 e. The number of hydrogen-bond acceptors (Lipinski definition) is 4. The average Bonchev–Trinajstić information content (AvgIpc) is 3.04. The van der Waals surface area contributed by atoms with E-state index in [0.717, 1.165) is 28.0 Å². The van der Waals surface area contributed by atoms with E-state index in [1.54, 1.807) is 12.3 Å². The predicted molar refractivity (Wildman–Crippen MR) is 111 cm³/mol. The number of nitrogens with zero attached hydrogens (tertiary/aromatic N) is 2. The normalized spacial score (nSPS) is 13.9. The SMILES string of the molecule is Cc1ccc(-n2c(O)c(/C=C3/C=Nc4ccccc43)c(=O)[nH]c2=S)cc1C. The van der Waals surface area contributed by atoms with Crippen LogP contribution in [0.2, 0.25) is 0 Å². The van der Waals surface area contributed by atoms with Crippen LogP contribution in [0.15, 0.2) is 52.3 Å². The fourth-order valence-electron chi connectivity index (χ4n) is 3.08. The van der Waals surface area contributed by atoms with Crippen LogP contribution in [0.3, 0.4) is 0 Å². The molecule has 27 heavy (non-hydrogen) atoms. The van der Waals surface area contributed by atoms with Crippen molar-refractivity contribution in [1.29, 1.82) is 0 Å². The lowest BCUT2D eigenvalue weighted by molar-refractivity contribution is 0.432. The molecule has 2 heterocycles. The third-order valence-electron chi connectivity index (χ3n) is 4.73. The van der Waals surface area contributed by atoms with Crippen LogP contribution in [0, 0.1) is 18.6 Å². The molecule has 0 bridgehead atoms. The van der Waals surface area contributed by atoms with Crippen LogP contribution in [0.5, 0.6) is 5.88 Å². The van der Waals surface area contributed by atoms with E-state index in [2.05, 4.69) is 9.98 Å². The first kappa shape index (κ1) is 17.2. The molecular formula is C21H17N3O2S. The molecule has 0 radical (unpaired) electrons. The van der Waals surface area contributed by atoms with Gasteiger partial charge in [-0.3, -0.25) is 19.3 Å². The summed E-state index contributed by atoms with van der Waals surface area (Å²) in [6.07, 6.45) is 3.32. The molecule has 2 aromatic carbocycles. The largest absolute Gasteiger partial charge is 0.494 e. The van der Waals surface area contributed by atoms with Crippen LogP contribution in [-0.4, -0.2) is 20.9 Å². The topological polar surface area (TPSA) is 70.4 Å². The molecule has 4 rings (SSSR count). The quantitative estimate of drug-likeness (QED) is 0.649. The summed E-state index contributed by atoms with van der Waals surface area (Å²) in [6.45, 7) is 4.00. The molecule has 0 fully saturated rings. The summed E-state index contributed by atoms with van der Waals surface area (Å²) in [7, 11) is 0. The number of allylic oxidation sites excluding steroid dienone is 1. The number of fused-ring (bicyclic) bond motifs is 1. The van der Waals surface area contributed by atoms with Crippen LogP contribution in [0.4, 0.5) is 5.69 Å². The fourth-order valence-corrected chi connectivity index (χ4v) is 3.37. The summed E-state index contributed by atoms with van der Waals surface area (Å²) in [5, 5.41) is 10.9. The number of rotatable bonds is 2. The van der Waals surface area contributed by atoms with Crippen LogP contribution in [0.1, 0.15) is 22.3 Å². The molecule has 1 aromatic heterocycles. The summed E-state index contributed by atoms with van der Waals surface area (Å²) in [6, 6.07) is 13.4. The van der Waals surface area contributed by atoms with Crippen molar-refractivity contribution in [2.75, 3.05) is 0 Å². The molecule has 0 aliphatic carbocycles. The zero-order valence-electron chi connectivity index (χ0n) is 14.9. The van der Waals surface area contributed by atoms with Gasteiger partial charge in [-0.05, 0) is 61.5 Å². The van der Waals surface area contributed by atoms with Gasteiger partial charge in [0.2, 0.25) is 5.88 Å². The lowest BCUT2D eigenvalue weighted by Crippen LogP contribution is -2.16. The molecule has 0 saturated heterocycles. The summed E-state index contributed by atoms with van der Waals surface area (Å²) in [4.78, 5) is 19.5. The Morgan fingerprint density at radius 1 is 1.15 bits per heavy atom. The Bertz CT molecular complexity index is 1250. The first-order valence-electron chi connectivity index (χ1n) is 8.47. The van der Waals surface area contributed by atoms with Crippen molar-refractivity contribution in [3.05, 3.63) is 79.8 Å². The molecule has 1 aliphatic rings. The van der Waals surface area contributed by atoms with Crippen LogP contribution in [-0.2, 0) is 0 Å². The first-order chi connectivity index (χ1) is 13.0. The number of aryl methyl sites for hydroxylation is 2. The lowest BCUT2D eigenvalue weighted by Gasteiger charge is -2.13. The molecule has 0 saturated carbocycles. The number of aromatic nitrogens is 2. The standard InChI is InChI=1S/C21H17N3O2S/c1-12-7-8-15(9-13(12)2)24-20(26)17(19(25)23-21(24)27)10-14-11-22-18-6-4-3-5-16(14)18/h3-11,26H,1-2H3,(H,23,25,27)/b14-10-. The second-order valence-electron chi connectivity index (χ2n) is 6.48. The van der Waals surface area contributed by atoms with E-state index in [1.165, 1.54) is 4.57 Å². The number of nitrogens with one attached hydrogen (secondary N) is 1. The summed E-state index contributed by atoms with van der Waals surface area (Å²) >= 11 is 5.29. The molecule has 134 valence electrons. The van der Waals surface area contributed by atoms with Gasteiger partial charge in [-0.25, -0.2) is 0 Å². The van der Waals surface area contributed by atoms with E-state index in [4.69, 9.17) is 12.2 Å². The van der Waals surface area contributed by atoms with E-state index in [0.29, 0.717) is 5.69 Å². The molecule has 2 N–H and O–H groups in total. The fraction of sp³-hybridized carbons (Fsp3) is 0.0952. The molecule has 0 atom stereocenters. The minimum Gasteiger partial charge on any atom is -0.494 e. The second-order valence-corrected chi connectivity index (χ2v) is 6.86. The van der Waals surface area contributed by atoms with Crippen molar-refractivity contribution in [1.82, 2.24) is 9.55 Å². The second kappa shape index (κ2) is 6.48. The number of aromatic hydroxyl groups is 1. The van der Waals surface area contributed by atoms with Crippen LogP contribution in [0.25, 0.3) is 17.3 Å². The monoisotopic (exact) mass is 375 g/mol. The van der Waals surface area contributed by atoms with Crippen molar-refractivity contribution in [3.63, 3.8) is 0 Å². The van der Waals surface area contributed by atoms with E-state index >= 15 is 0 Å². The van der Waals surface area contributed by atoms with Gasteiger partial charge in [0, 0.05) is 17.4 Å². The molecule has 6 heteroatoms. The Labute approximate surface area is 161 Å². The minimum absolute atomic E-state index is 0.139. The molecule has 0 amide bonds.